The number of imide groups is 1. The summed E-state index contributed by atoms with van der Waals surface area (Å²) >= 11 is 0. The number of carbonyl (C=O) groups excluding carboxylic acids is 2. The molecule has 62 valence electrons. The fourth-order valence-electron chi connectivity index (χ4n) is 1.01. The number of hydrogen-bond donors (Lipinski definition) is 2. The van der Waals surface area contributed by atoms with Crippen LogP contribution in [0.15, 0.2) is 0 Å². The summed E-state index contributed by atoms with van der Waals surface area (Å²) in [5, 5.41) is 2.38. The van der Waals surface area contributed by atoms with Gasteiger partial charge >= 0.3 is 6.03 Å². The van der Waals surface area contributed by atoms with E-state index in [0.29, 0.717) is 0 Å². The fourth-order valence-corrected chi connectivity index (χ4v) is 1.01. The highest BCUT2D eigenvalue weighted by molar-refractivity contribution is 6.02. The normalized spacial score (nSPS) is 19.0. The van der Waals surface area contributed by atoms with Gasteiger partial charge < -0.3 is 11.1 Å². The number of carbonyl (C=O) groups is 2. The first kappa shape index (κ1) is 8.00. The number of nitrogens with zero attached hydrogens (tertiary/aromatic N) is 1. The van der Waals surface area contributed by atoms with Crippen LogP contribution < -0.4 is 11.1 Å². The summed E-state index contributed by atoms with van der Waals surface area (Å²) in [6.45, 7) is 3.27. The zero-order chi connectivity index (χ0) is 8.65. The molecule has 1 fully saturated rings. The number of amides is 3. The molecule has 0 aromatic heterocycles. The SMILES string of the molecule is CC(C)(N)N1C(=O)CNC1=O. The van der Waals surface area contributed by atoms with Gasteiger partial charge in [0, 0.05) is 0 Å². The first-order valence-corrected chi connectivity index (χ1v) is 3.32. The third-order valence-electron chi connectivity index (χ3n) is 1.42. The zero-order valence-electron chi connectivity index (χ0n) is 6.55. The first-order chi connectivity index (χ1) is 4.93. The van der Waals surface area contributed by atoms with Crippen molar-refractivity contribution in [2.24, 2.45) is 5.73 Å². The van der Waals surface area contributed by atoms with Crippen LogP contribution in [0.3, 0.4) is 0 Å². The van der Waals surface area contributed by atoms with Crippen LogP contribution in [0.25, 0.3) is 0 Å². The molecule has 0 aromatic rings. The molecule has 1 rings (SSSR count). The van der Waals surface area contributed by atoms with Crippen molar-refractivity contribution in [2.75, 3.05) is 6.54 Å². The van der Waals surface area contributed by atoms with Gasteiger partial charge in [0.2, 0.25) is 0 Å². The average molecular weight is 157 g/mol. The van der Waals surface area contributed by atoms with E-state index in [-0.39, 0.29) is 12.5 Å². The third kappa shape index (κ3) is 1.32. The molecule has 0 atom stereocenters. The molecule has 11 heavy (non-hydrogen) atoms. The van der Waals surface area contributed by atoms with Gasteiger partial charge in [-0.2, -0.15) is 0 Å². The van der Waals surface area contributed by atoms with Gasteiger partial charge in [-0.1, -0.05) is 0 Å². The lowest BCUT2D eigenvalue weighted by molar-refractivity contribution is -0.128. The van der Waals surface area contributed by atoms with Crippen LogP contribution >= 0.6 is 0 Å². The molecule has 0 spiro atoms. The highest BCUT2D eigenvalue weighted by atomic mass is 16.2. The maximum atomic E-state index is 11.0. The lowest BCUT2D eigenvalue weighted by Crippen LogP contribution is -2.54. The molecular formula is C6H11N3O2. The van der Waals surface area contributed by atoms with E-state index in [1.54, 1.807) is 13.8 Å². The Morgan fingerprint density at radius 2 is 2.09 bits per heavy atom. The Bertz CT molecular complexity index is 190. The van der Waals surface area contributed by atoms with Crippen molar-refractivity contribution in [2.45, 2.75) is 19.5 Å². The summed E-state index contributed by atoms with van der Waals surface area (Å²) in [6.07, 6.45) is 0. The molecular weight excluding hydrogens is 146 g/mol. The number of urea groups is 1. The van der Waals surface area contributed by atoms with Crippen molar-refractivity contribution in [3.05, 3.63) is 0 Å². The third-order valence-corrected chi connectivity index (χ3v) is 1.42. The Labute approximate surface area is 64.5 Å². The van der Waals surface area contributed by atoms with Gasteiger partial charge in [-0.15, -0.1) is 0 Å². The lowest BCUT2D eigenvalue weighted by atomic mass is 10.2. The second kappa shape index (κ2) is 2.20. The van der Waals surface area contributed by atoms with Crippen LogP contribution in [0.5, 0.6) is 0 Å². The van der Waals surface area contributed by atoms with Gasteiger partial charge in [0.15, 0.2) is 0 Å². The van der Waals surface area contributed by atoms with E-state index < -0.39 is 11.7 Å². The van der Waals surface area contributed by atoms with Crippen LogP contribution in [0.2, 0.25) is 0 Å². The highest BCUT2D eigenvalue weighted by Crippen LogP contribution is 2.10. The number of hydrogen-bond acceptors (Lipinski definition) is 3. The van der Waals surface area contributed by atoms with Crippen molar-refractivity contribution < 1.29 is 9.59 Å². The largest absolute Gasteiger partial charge is 0.328 e. The van der Waals surface area contributed by atoms with Crippen molar-refractivity contribution in [3.8, 4) is 0 Å². The lowest BCUT2D eigenvalue weighted by Gasteiger charge is -2.27. The molecule has 1 saturated heterocycles. The smallest absolute Gasteiger partial charge is 0.326 e. The van der Waals surface area contributed by atoms with E-state index in [9.17, 15) is 9.59 Å². The number of nitrogens with one attached hydrogen (secondary N) is 1. The van der Waals surface area contributed by atoms with Crippen molar-refractivity contribution >= 4 is 11.9 Å². The maximum absolute atomic E-state index is 11.0. The molecule has 3 amide bonds. The summed E-state index contributed by atoms with van der Waals surface area (Å²) < 4.78 is 0. The molecule has 5 heteroatoms. The topological polar surface area (TPSA) is 75.4 Å². The predicted octanol–water partition coefficient (Wildman–Crippen LogP) is -0.767. The molecule has 0 radical (unpaired) electrons. The summed E-state index contributed by atoms with van der Waals surface area (Å²) in [7, 11) is 0. The van der Waals surface area contributed by atoms with Gasteiger partial charge in [0.05, 0.1) is 12.2 Å². The molecule has 0 unspecified atom stereocenters. The molecule has 1 heterocycles. The summed E-state index contributed by atoms with van der Waals surface area (Å²) in [5.74, 6) is -0.275. The molecule has 0 saturated carbocycles. The van der Waals surface area contributed by atoms with Crippen LogP contribution in [-0.4, -0.2) is 29.0 Å². The zero-order valence-corrected chi connectivity index (χ0v) is 6.55. The van der Waals surface area contributed by atoms with Crippen LogP contribution in [0, 0.1) is 0 Å². The van der Waals surface area contributed by atoms with Crippen molar-refractivity contribution in [1.82, 2.24) is 10.2 Å². The van der Waals surface area contributed by atoms with Gasteiger partial charge in [-0.3, -0.25) is 4.79 Å². The second-order valence-corrected chi connectivity index (χ2v) is 3.04. The number of rotatable bonds is 1. The second-order valence-electron chi connectivity index (χ2n) is 3.04. The van der Waals surface area contributed by atoms with Crippen molar-refractivity contribution in [1.29, 1.82) is 0 Å². The van der Waals surface area contributed by atoms with E-state index in [1.165, 1.54) is 0 Å². The van der Waals surface area contributed by atoms with E-state index in [0.717, 1.165) is 4.90 Å². The molecule has 0 aromatic carbocycles. The average Bonchev–Trinajstić information content (AvgIpc) is 2.08. The molecule has 3 N–H and O–H groups in total. The van der Waals surface area contributed by atoms with E-state index in [2.05, 4.69) is 5.32 Å². The Balaban J connectivity index is 2.85. The van der Waals surface area contributed by atoms with Gasteiger partial charge in [-0.25, -0.2) is 9.69 Å². The minimum Gasteiger partial charge on any atom is -0.328 e. The molecule has 0 aliphatic carbocycles. The summed E-state index contributed by atoms with van der Waals surface area (Å²) in [5.41, 5.74) is 4.66. The quantitative estimate of drug-likeness (QED) is 0.491. The van der Waals surface area contributed by atoms with Gasteiger partial charge in [0.25, 0.3) is 5.91 Å². The Kier molecular flexibility index (Phi) is 1.60. The molecule has 1 aliphatic rings. The predicted molar refractivity (Wildman–Crippen MR) is 38.5 cm³/mol. The summed E-state index contributed by atoms with van der Waals surface area (Å²) in [4.78, 5) is 23.0. The van der Waals surface area contributed by atoms with Crippen LogP contribution in [0.1, 0.15) is 13.8 Å². The van der Waals surface area contributed by atoms with Crippen molar-refractivity contribution in [3.63, 3.8) is 0 Å². The van der Waals surface area contributed by atoms with E-state index in [4.69, 9.17) is 5.73 Å². The standard InChI is InChI=1S/C6H11N3O2/c1-6(2,7)9-4(10)3-8-5(9)11/h3,7H2,1-2H3,(H,8,11). The molecule has 5 nitrogen and oxygen atoms in total. The van der Waals surface area contributed by atoms with Crippen LogP contribution in [-0.2, 0) is 4.79 Å². The van der Waals surface area contributed by atoms with Crippen LogP contribution in [0.4, 0.5) is 4.79 Å². The Morgan fingerprint density at radius 3 is 2.27 bits per heavy atom. The van der Waals surface area contributed by atoms with E-state index >= 15 is 0 Å². The monoisotopic (exact) mass is 157 g/mol. The Morgan fingerprint density at radius 1 is 1.55 bits per heavy atom. The first-order valence-electron chi connectivity index (χ1n) is 3.32. The van der Waals surface area contributed by atoms with Gasteiger partial charge in [-0.05, 0) is 13.8 Å². The molecule has 0 bridgehead atoms. The fraction of sp³-hybridized carbons (Fsp3) is 0.667. The molecule has 1 aliphatic heterocycles. The maximum Gasteiger partial charge on any atom is 0.326 e. The minimum absolute atomic E-state index is 0.0550. The highest BCUT2D eigenvalue weighted by Gasteiger charge is 2.37. The minimum atomic E-state index is -0.905. The number of nitrogens with two attached hydrogens (primary N) is 1. The van der Waals surface area contributed by atoms with Gasteiger partial charge in [0.1, 0.15) is 0 Å². The van der Waals surface area contributed by atoms with E-state index in [1.807, 2.05) is 0 Å². The summed E-state index contributed by atoms with van der Waals surface area (Å²) in [6, 6.07) is -0.414. The Hall–Kier alpha value is -1.10.